The minimum absolute atomic E-state index is 0.211. The summed E-state index contributed by atoms with van der Waals surface area (Å²) in [5, 5.41) is 14.1. The standard InChI is InChI=1S/3C36H24.C32H22/c1-3-13-25(14-4-1)27-23-24-34(29-18-8-7-17-28(27)29)36-32-21-11-9-19-30(32)35(26-15-5-2-6-16-26)31-20-10-12-22-33(31)36;1-3-12-25(13-4-1)28-22-23-33-34(24-28)36(30-21-11-17-26-14-7-8-18-29(26)30)32-20-10-9-19-31(32)35(33)27-15-5-2-6-16-27;1-2-12-26(13-3-1)35-31-17-6-8-19-33(31)36(34-20-9-7-18-32(34)35)30-16-10-15-28(24-30)29-22-21-25-11-4-5-14-27(25)23-29;1-3-11-23(12-4-1)24-19-21-26(22-20-24)32-29-17-9-7-15-27(29)31(25-13-5-2-6-14-25)28-16-8-10-18-30(28)32/h3*1-24H;1-22H/i9D,10D,11D,12D,19D,20D,21D,22D;;6D,7D,8D,9D,17D,18D,19D,20D;7D,8D,9D,10D,15D,16D,17D,18D. The molecule has 0 radical (unpaired) electrons. The van der Waals surface area contributed by atoms with Crippen LogP contribution in [0, 0.1) is 0 Å². The number of fused-ring (bicyclic) bond motifs is 11. The second-order valence-corrected chi connectivity index (χ2v) is 34.3. The van der Waals surface area contributed by atoms with Crippen LogP contribution in [0.25, 0.3) is 252 Å². The second-order valence-electron chi connectivity index (χ2n) is 34.3. The van der Waals surface area contributed by atoms with Crippen molar-refractivity contribution in [1.29, 1.82) is 0 Å². The Balaban J connectivity index is 0.000000114. The van der Waals surface area contributed by atoms with E-state index in [9.17, 15) is 2.74 Å². The lowest BCUT2D eigenvalue weighted by Crippen LogP contribution is -1.92. The van der Waals surface area contributed by atoms with Crippen LogP contribution in [0.1, 0.15) is 32.9 Å². The lowest BCUT2D eigenvalue weighted by atomic mass is 9.84. The van der Waals surface area contributed by atoms with Crippen LogP contribution in [-0.2, 0) is 0 Å². The molecule has 0 nitrogen and oxygen atoms in total. The van der Waals surface area contributed by atoms with Gasteiger partial charge in [0.05, 0.1) is 32.9 Å². The van der Waals surface area contributed by atoms with Gasteiger partial charge >= 0.3 is 0 Å². The maximum absolute atomic E-state index is 9.17. The summed E-state index contributed by atoms with van der Waals surface area (Å²) in [7, 11) is 0. The van der Waals surface area contributed by atoms with Crippen LogP contribution >= 0.6 is 0 Å². The van der Waals surface area contributed by atoms with E-state index in [4.69, 9.17) is 30.2 Å². The molecule has 0 N–H and O–H groups in total. The Kier molecular flexibility index (Phi) is 16.9. The van der Waals surface area contributed by atoms with Gasteiger partial charge < -0.3 is 0 Å². The largest absolute Gasteiger partial charge is 0.0629 e. The van der Waals surface area contributed by atoms with E-state index in [1.807, 2.05) is 200 Å². The molecule has 0 aliphatic rings. The lowest BCUT2D eigenvalue weighted by Gasteiger charge is -2.19. The average Bonchev–Trinajstić information content (AvgIpc) is 0.700. The Labute approximate surface area is 850 Å². The molecule has 0 saturated carbocycles. The summed E-state index contributed by atoms with van der Waals surface area (Å²) in [5.41, 5.74) is 19.0. The highest BCUT2D eigenvalue weighted by molar-refractivity contribution is 6.28. The predicted molar refractivity (Wildman–Crippen MR) is 604 cm³/mol. The minimum atomic E-state index is -0.409. The molecule has 27 aromatic carbocycles. The SMILES string of the molecule is [2H]c1c([2H])c([2H])c2c(-c3ccc(-c4ccccc4)c4ccccc34)c3c([2H])c([2H])c([2H])c([2H])c3c(-c3ccccc3)c2c1[2H].[2H]c1c([2H])c([2H])c2c(-c3ccc(-c4ccccc4)cc3)c3c([2H])c([2H])c([2H])c([2H])c3c(-c3ccccc3)c2c1[2H].[2H]c1c([2H])c([2H])c2c(-c3cccc(-c4ccc5ccccc5c4)c3)c3c([2H])c([2H])c([2H])c([2H])c3c(-c3ccccc3)c2c1[2H].c1ccc(-c2ccc3c(-c4ccccc4)c4ccccc4c(-c4cccc5ccccc45)c3c2)cc1. The van der Waals surface area contributed by atoms with E-state index in [-0.39, 0.29) is 137 Å². The van der Waals surface area contributed by atoms with E-state index in [0.29, 0.717) is 66.8 Å². The first-order chi connectivity index (χ1) is 79.5. The van der Waals surface area contributed by atoms with Gasteiger partial charge in [-0.2, -0.15) is 0 Å². The zero-order valence-electron chi connectivity index (χ0n) is 99.4. The van der Waals surface area contributed by atoms with E-state index in [0.717, 1.165) is 54.9 Å². The predicted octanol–water partition coefficient (Wildman–Crippen LogP) is 39.4. The van der Waals surface area contributed by atoms with Gasteiger partial charge in [-0.25, -0.2) is 0 Å². The maximum atomic E-state index is 9.17. The third kappa shape index (κ3) is 16.0. The van der Waals surface area contributed by atoms with Gasteiger partial charge in [-0.05, 0) is 270 Å². The zero-order valence-corrected chi connectivity index (χ0v) is 75.4. The first-order valence-electron chi connectivity index (χ1n) is 58.5. The minimum Gasteiger partial charge on any atom is -0.0622 e. The van der Waals surface area contributed by atoms with Crippen LogP contribution < -0.4 is 0 Å². The summed E-state index contributed by atoms with van der Waals surface area (Å²) < 4.78 is 211. The van der Waals surface area contributed by atoms with E-state index < -0.39 is 72.5 Å². The molecule has 0 amide bonds. The highest BCUT2D eigenvalue weighted by Crippen LogP contribution is 2.52. The van der Waals surface area contributed by atoms with Gasteiger partial charge in [0.2, 0.25) is 0 Å². The van der Waals surface area contributed by atoms with Crippen molar-refractivity contribution in [3.8, 4) is 134 Å². The van der Waals surface area contributed by atoms with Crippen LogP contribution in [0.15, 0.2) is 570 Å². The quantitative estimate of drug-likeness (QED) is 0.107. The average molecular weight is 1800 g/mol. The number of hydrogen-bond donors (Lipinski definition) is 0. The second kappa shape index (κ2) is 37.9. The molecular formula is C140H94. The smallest absolute Gasteiger partial charge is 0.0622 e. The Bertz CT molecular complexity index is 10600. The first kappa shape index (κ1) is 62.4. The number of hydrogen-bond acceptors (Lipinski definition) is 0. The van der Waals surface area contributed by atoms with Crippen molar-refractivity contribution in [2.24, 2.45) is 0 Å². The Morgan fingerprint density at radius 2 is 0.336 bits per heavy atom. The molecule has 0 bridgehead atoms. The van der Waals surface area contributed by atoms with Crippen molar-refractivity contribution >= 4 is 118 Å². The summed E-state index contributed by atoms with van der Waals surface area (Å²) >= 11 is 0. The van der Waals surface area contributed by atoms with Crippen LogP contribution in [-0.4, -0.2) is 0 Å². The Morgan fingerprint density at radius 1 is 0.100 bits per heavy atom. The van der Waals surface area contributed by atoms with Crippen molar-refractivity contribution in [2.45, 2.75) is 0 Å². The van der Waals surface area contributed by atoms with E-state index in [1.54, 1.807) is 72.8 Å². The molecule has 27 rings (SSSR count). The van der Waals surface area contributed by atoms with Crippen molar-refractivity contribution in [2.75, 3.05) is 0 Å². The van der Waals surface area contributed by atoms with Gasteiger partial charge in [0.25, 0.3) is 0 Å². The molecule has 0 heterocycles. The molecule has 0 spiro atoms. The number of rotatable bonds is 12. The summed E-state index contributed by atoms with van der Waals surface area (Å²) in [6, 6.07) is 132. The molecule has 654 valence electrons. The van der Waals surface area contributed by atoms with Crippen LogP contribution in [0.3, 0.4) is 0 Å². The highest BCUT2D eigenvalue weighted by atomic mass is 14.3. The van der Waals surface area contributed by atoms with Gasteiger partial charge in [0, 0.05) is 0 Å². The van der Waals surface area contributed by atoms with Crippen LogP contribution in [0.4, 0.5) is 0 Å². The van der Waals surface area contributed by atoms with Gasteiger partial charge in [-0.3, -0.25) is 0 Å². The fourth-order valence-corrected chi connectivity index (χ4v) is 20.1. The fourth-order valence-electron chi connectivity index (χ4n) is 20.1. The van der Waals surface area contributed by atoms with Crippen LogP contribution in [0.2, 0.25) is 0 Å². The first-order valence-corrected chi connectivity index (χ1v) is 46.5. The summed E-state index contributed by atoms with van der Waals surface area (Å²) in [5.74, 6) is 0. The summed E-state index contributed by atoms with van der Waals surface area (Å²) in [4.78, 5) is 0. The topological polar surface area (TPSA) is 0 Å². The highest BCUT2D eigenvalue weighted by Gasteiger charge is 2.25. The molecule has 0 fully saturated rings. The normalized spacial score (nSPS) is 13.7. The zero-order chi connectivity index (χ0) is 114. The maximum Gasteiger partial charge on any atom is 0.0629 e. The van der Waals surface area contributed by atoms with E-state index in [1.165, 1.54) is 65.7 Å². The molecule has 0 aliphatic heterocycles. The molecule has 140 heavy (non-hydrogen) atoms. The molecule has 0 aromatic heterocycles. The summed E-state index contributed by atoms with van der Waals surface area (Å²) in [6.45, 7) is 0. The molecule has 0 aliphatic carbocycles. The molecule has 0 heteroatoms. The van der Waals surface area contributed by atoms with Crippen molar-refractivity contribution in [1.82, 2.24) is 0 Å². The molecule has 0 saturated heterocycles. The third-order valence-electron chi connectivity index (χ3n) is 26.4. The van der Waals surface area contributed by atoms with E-state index >= 15 is 0 Å². The molecule has 0 unspecified atom stereocenters. The van der Waals surface area contributed by atoms with Crippen molar-refractivity contribution < 1.29 is 32.9 Å². The van der Waals surface area contributed by atoms with Gasteiger partial charge in [-0.1, -0.05) is 551 Å². The van der Waals surface area contributed by atoms with E-state index in [2.05, 4.69) is 152 Å². The third-order valence-corrected chi connectivity index (χ3v) is 26.4. The van der Waals surface area contributed by atoms with Gasteiger partial charge in [0.1, 0.15) is 0 Å². The van der Waals surface area contributed by atoms with Crippen LogP contribution in [0.5, 0.6) is 0 Å². The number of benzene rings is 27. The summed E-state index contributed by atoms with van der Waals surface area (Å²) in [6.07, 6.45) is 0. The monoisotopic (exact) mass is 1800 g/mol. The molecule has 27 aromatic rings. The van der Waals surface area contributed by atoms with Gasteiger partial charge in [-0.15, -0.1) is 0 Å². The van der Waals surface area contributed by atoms with Crippen molar-refractivity contribution in [3.63, 3.8) is 0 Å². The fraction of sp³-hybridized carbons (Fsp3) is 0. The lowest BCUT2D eigenvalue weighted by molar-refractivity contribution is 1.61. The molecular weight excluding hydrogens is 1680 g/mol. The van der Waals surface area contributed by atoms with Crippen molar-refractivity contribution in [3.05, 3.63) is 570 Å². The van der Waals surface area contributed by atoms with Gasteiger partial charge in [0.15, 0.2) is 0 Å². The Hall–Kier alpha value is -18.2. The molecule has 0 atom stereocenters. The Morgan fingerprint density at radius 3 is 0.779 bits per heavy atom.